The SMILES string of the molecule is C[C@@H](OC[C@@]1(c2ccccc2)CCC2(CN(Cc3ccccc3)C(=O)CN2)CN1C(=O)OCc1ccccc1)c1cc(C(F)(F)F)cc(C(F)(F)F)c1.C[C@@H](OC[C@@]1(c2ccccc2)CCC23CN(Cc4ccccc4)C(=O)CN2C(=O)CN1C3)c1cc(C(F)(F)F)cc(C(F)(F)F)c1. The highest BCUT2D eigenvalue weighted by molar-refractivity contribution is 5.89. The first-order chi connectivity index (χ1) is 46.9. The summed E-state index contributed by atoms with van der Waals surface area (Å²) in [6, 6.07) is 49.3. The quantitative estimate of drug-likeness (QED) is 0.0942. The average Bonchev–Trinajstić information content (AvgIpc) is 0.721. The van der Waals surface area contributed by atoms with E-state index in [9.17, 15) is 71.9 Å². The molecule has 5 fully saturated rings. The van der Waals surface area contributed by atoms with Crippen molar-refractivity contribution in [1.82, 2.24) is 29.8 Å². The van der Waals surface area contributed by atoms with E-state index in [1.807, 2.05) is 114 Å². The van der Waals surface area contributed by atoms with Crippen LogP contribution in [0.15, 0.2) is 188 Å². The van der Waals surface area contributed by atoms with Crippen molar-refractivity contribution in [1.29, 1.82) is 0 Å². The third-order valence-electron chi connectivity index (χ3n) is 19.7. The van der Waals surface area contributed by atoms with Gasteiger partial charge in [-0.25, -0.2) is 4.79 Å². The van der Waals surface area contributed by atoms with Crippen LogP contribution in [0.5, 0.6) is 0 Å². The van der Waals surface area contributed by atoms with Crippen molar-refractivity contribution in [2.75, 3.05) is 59.0 Å². The van der Waals surface area contributed by atoms with Crippen molar-refractivity contribution in [2.24, 2.45) is 0 Å². The second kappa shape index (κ2) is 28.5. The molecule has 0 aliphatic carbocycles. The number of ether oxygens (including phenoxy) is 3. The third-order valence-corrected chi connectivity index (χ3v) is 19.7. The van der Waals surface area contributed by atoms with E-state index in [0.717, 1.165) is 22.3 Å². The van der Waals surface area contributed by atoms with Gasteiger partial charge in [0, 0.05) is 39.3 Å². The number of carbonyl (C=O) groups excluding carboxylic acids is 4. The lowest BCUT2D eigenvalue weighted by Gasteiger charge is -2.63. The molecule has 2 spiro atoms. The van der Waals surface area contributed by atoms with Crippen LogP contribution >= 0.6 is 0 Å². The van der Waals surface area contributed by atoms with E-state index >= 15 is 0 Å². The lowest BCUT2D eigenvalue weighted by molar-refractivity contribution is -0.185. The molecule has 13 nitrogen and oxygen atoms in total. The fraction of sp³-hybridized carbons (Fsp3) is 0.378. The molecular weight excluding hydrogens is 1310 g/mol. The van der Waals surface area contributed by atoms with Crippen LogP contribution in [0.3, 0.4) is 0 Å². The fourth-order valence-corrected chi connectivity index (χ4v) is 14.2. The number of rotatable bonds is 16. The molecule has 3 unspecified atom stereocenters. The molecule has 0 saturated carbocycles. The average molecular weight is 1390 g/mol. The summed E-state index contributed by atoms with van der Waals surface area (Å²) in [6.07, 6.45) is -21.3. The smallest absolute Gasteiger partial charge is 0.416 e. The van der Waals surface area contributed by atoms with Gasteiger partial charge in [0.15, 0.2) is 0 Å². The second-order valence-corrected chi connectivity index (χ2v) is 26.2. The molecular formula is C74H72F12N6O7. The summed E-state index contributed by atoms with van der Waals surface area (Å²) in [5, 5.41) is 3.38. The van der Waals surface area contributed by atoms with Gasteiger partial charge in [-0.05, 0) is 115 Å². The second-order valence-electron chi connectivity index (χ2n) is 26.2. The van der Waals surface area contributed by atoms with E-state index in [1.165, 1.54) is 18.7 Å². The number of fused-ring (bicyclic) bond motifs is 1. The standard InChI is InChI=1S/C40H39F6N3O4.C34H33F6N3O3/c1-28(31-19-33(39(41,42)43)21-34(20-31)40(44,45)46)53-27-38(32-15-9-4-10-16-32)18-17-37(26-49(38)36(51)52-24-30-13-7-3-8-14-30)25-48(35(50)22-47-37)23-29-11-5-2-6-12-29;1-23(25-14-27(33(35,36)37)16-28(15-25)34(38,39)40)46-22-32(26-10-6-3-7-11-26)13-12-31-20-41(17-24-8-4-2-5-9-24)29(44)19-43(31)30(45)18-42(32)21-31/h2-16,19-21,28,47H,17-18,22-27H2,1H3;2-11,14-16,23H,12-13,17-22H2,1H3/t28-,37?,38-;23-,31?,32-/m11/s1. The topological polar surface area (TPSA) is 124 Å². The fourth-order valence-electron chi connectivity index (χ4n) is 14.2. The molecule has 5 aliphatic rings. The molecule has 7 atom stereocenters. The number of likely N-dealkylation sites (tertiary alicyclic amines) is 1. The number of alkyl halides is 12. The Bertz CT molecular complexity index is 3920. The summed E-state index contributed by atoms with van der Waals surface area (Å²) in [7, 11) is 0. The number of piperazine rings is 3. The number of hydrogen-bond acceptors (Lipinski definition) is 9. The Balaban J connectivity index is 0.000000202. The maximum Gasteiger partial charge on any atom is 0.416 e. The van der Waals surface area contributed by atoms with Gasteiger partial charge in [-0.1, -0.05) is 152 Å². The number of carbonyl (C=O) groups is 4. The van der Waals surface area contributed by atoms with E-state index in [-0.39, 0.29) is 99.9 Å². The normalized spacial score (nSPS) is 23.5. The Hall–Kier alpha value is -8.78. The molecule has 4 amide bonds. The molecule has 5 saturated heterocycles. The lowest BCUT2D eigenvalue weighted by Crippen LogP contribution is -2.78. The Morgan fingerprint density at radius 1 is 0.465 bits per heavy atom. The van der Waals surface area contributed by atoms with Crippen molar-refractivity contribution in [2.45, 2.75) is 118 Å². The summed E-state index contributed by atoms with van der Waals surface area (Å²) < 4.78 is 182. The lowest BCUT2D eigenvalue weighted by atomic mass is 9.71. The highest BCUT2D eigenvalue weighted by Crippen LogP contribution is 2.50. The predicted molar refractivity (Wildman–Crippen MR) is 340 cm³/mol. The summed E-state index contributed by atoms with van der Waals surface area (Å²) >= 11 is 0. The van der Waals surface area contributed by atoms with Gasteiger partial charge in [0.05, 0.1) is 82.9 Å². The van der Waals surface area contributed by atoms with Crippen LogP contribution in [0.4, 0.5) is 57.5 Å². The van der Waals surface area contributed by atoms with E-state index in [1.54, 1.807) is 57.2 Å². The molecule has 524 valence electrons. The Morgan fingerprint density at radius 2 is 0.879 bits per heavy atom. The first-order valence-electron chi connectivity index (χ1n) is 32.2. The van der Waals surface area contributed by atoms with E-state index in [0.29, 0.717) is 75.3 Å². The Morgan fingerprint density at radius 3 is 1.34 bits per heavy atom. The summed E-state index contributed by atoms with van der Waals surface area (Å²) in [4.78, 5) is 63.0. The van der Waals surface area contributed by atoms with Gasteiger partial charge in [-0.2, -0.15) is 52.7 Å². The number of halogens is 12. The van der Waals surface area contributed by atoms with Crippen LogP contribution in [0.25, 0.3) is 0 Å². The first-order valence-corrected chi connectivity index (χ1v) is 32.2. The molecule has 7 aromatic carbocycles. The van der Waals surface area contributed by atoms with Gasteiger partial charge in [0.2, 0.25) is 17.7 Å². The molecule has 25 heteroatoms. The minimum Gasteiger partial charge on any atom is -0.445 e. The van der Waals surface area contributed by atoms with E-state index in [2.05, 4.69) is 5.32 Å². The maximum atomic E-state index is 14.3. The number of nitrogens with one attached hydrogen (secondary N) is 1. The van der Waals surface area contributed by atoms with Gasteiger partial charge in [0.25, 0.3) is 0 Å². The van der Waals surface area contributed by atoms with Crippen LogP contribution in [0.2, 0.25) is 0 Å². The predicted octanol–water partition coefficient (Wildman–Crippen LogP) is 14.9. The number of nitrogens with zero attached hydrogens (tertiary/aromatic N) is 5. The van der Waals surface area contributed by atoms with Gasteiger partial charge in [0.1, 0.15) is 13.2 Å². The molecule has 12 rings (SSSR count). The monoisotopic (exact) mass is 1380 g/mol. The van der Waals surface area contributed by atoms with Gasteiger partial charge >= 0.3 is 30.8 Å². The minimum atomic E-state index is -5.03. The van der Waals surface area contributed by atoms with Crippen LogP contribution in [-0.4, -0.2) is 118 Å². The largest absolute Gasteiger partial charge is 0.445 e. The van der Waals surface area contributed by atoms with Crippen LogP contribution in [-0.2, 0) is 84.1 Å². The number of piperidine rings is 2. The molecule has 0 radical (unpaired) electrons. The molecule has 2 bridgehead atoms. The molecule has 5 heterocycles. The van der Waals surface area contributed by atoms with Crippen molar-refractivity contribution in [3.8, 4) is 0 Å². The van der Waals surface area contributed by atoms with E-state index in [4.69, 9.17) is 14.2 Å². The van der Waals surface area contributed by atoms with Crippen LogP contribution in [0, 0.1) is 0 Å². The van der Waals surface area contributed by atoms with Gasteiger partial charge in [-0.15, -0.1) is 0 Å². The van der Waals surface area contributed by atoms with Crippen molar-refractivity contribution in [3.63, 3.8) is 0 Å². The number of hydrogen-bond donors (Lipinski definition) is 1. The molecule has 7 aromatic rings. The molecule has 1 N–H and O–H groups in total. The zero-order chi connectivity index (χ0) is 70.8. The molecule has 0 aromatic heterocycles. The van der Waals surface area contributed by atoms with Crippen molar-refractivity contribution >= 4 is 23.8 Å². The zero-order valence-electron chi connectivity index (χ0n) is 54.0. The highest BCUT2D eigenvalue weighted by atomic mass is 19.4. The Kier molecular flexibility index (Phi) is 20.5. The third kappa shape index (κ3) is 16.0. The highest BCUT2D eigenvalue weighted by Gasteiger charge is 2.60. The zero-order valence-corrected chi connectivity index (χ0v) is 54.0. The summed E-state index contributed by atoms with van der Waals surface area (Å²) in [5.41, 5.74) is -5.69. The van der Waals surface area contributed by atoms with Crippen molar-refractivity contribution in [3.05, 3.63) is 249 Å². The number of benzene rings is 7. The van der Waals surface area contributed by atoms with Crippen LogP contribution in [0.1, 0.15) is 113 Å². The van der Waals surface area contributed by atoms with Gasteiger partial charge in [-0.3, -0.25) is 29.5 Å². The maximum absolute atomic E-state index is 14.3. The van der Waals surface area contributed by atoms with E-state index < -0.39 is 87.4 Å². The molecule has 99 heavy (non-hydrogen) atoms. The molecule has 5 aliphatic heterocycles. The summed E-state index contributed by atoms with van der Waals surface area (Å²) in [6.45, 7) is 4.26. The Labute approximate surface area is 564 Å². The van der Waals surface area contributed by atoms with Crippen molar-refractivity contribution < 1.29 is 86.1 Å². The van der Waals surface area contributed by atoms with Crippen LogP contribution < -0.4 is 5.32 Å². The number of amides is 4. The van der Waals surface area contributed by atoms with Gasteiger partial charge < -0.3 is 28.9 Å². The summed E-state index contributed by atoms with van der Waals surface area (Å²) in [5.74, 6) is -0.443. The first kappa shape index (κ1) is 71.5. The minimum absolute atomic E-state index is 0.0118.